The topological polar surface area (TPSA) is 38.0 Å². The first-order valence-corrected chi connectivity index (χ1v) is 7.27. The van der Waals surface area contributed by atoms with Crippen LogP contribution in [0.5, 0.6) is 0 Å². The van der Waals surface area contributed by atoms with Crippen LogP contribution in [0.3, 0.4) is 0 Å². The number of hydrogen-bond acceptors (Lipinski definition) is 2. The number of nitrogens with two attached hydrogens (primary N) is 1. The van der Waals surface area contributed by atoms with E-state index in [-0.39, 0.29) is 5.54 Å². The van der Waals surface area contributed by atoms with Gasteiger partial charge in [0, 0.05) is 18.6 Å². The van der Waals surface area contributed by atoms with Crippen molar-refractivity contribution in [2.24, 2.45) is 11.7 Å². The first kappa shape index (κ1) is 13.6. The van der Waals surface area contributed by atoms with E-state index in [1.54, 1.807) is 0 Å². The molecule has 0 amide bonds. The Morgan fingerprint density at radius 3 is 2.44 bits per heavy atom. The molecule has 2 rings (SSSR count). The fourth-order valence-electron chi connectivity index (χ4n) is 2.98. The van der Waals surface area contributed by atoms with Crippen LogP contribution in [-0.2, 0) is 6.54 Å². The van der Waals surface area contributed by atoms with Crippen molar-refractivity contribution >= 4 is 0 Å². The van der Waals surface area contributed by atoms with Gasteiger partial charge in [-0.25, -0.2) is 0 Å². The lowest BCUT2D eigenvalue weighted by molar-refractivity contribution is 0.189. The summed E-state index contributed by atoms with van der Waals surface area (Å²) in [6.07, 6.45) is 6.44. The highest BCUT2D eigenvalue weighted by molar-refractivity contribution is 5.15. The van der Waals surface area contributed by atoms with Crippen molar-refractivity contribution < 1.29 is 0 Å². The predicted molar refractivity (Wildman–Crippen MR) is 77.3 cm³/mol. The lowest BCUT2D eigenvalue weighted by Crippen LogP contribution is -2.52. The van der Waals surface area contributed by atoms with Crippen molar-refractivity contribution in [1.29, 1.82) is 0 Å². The van der Waals surface area contributed by atoms with Crippen LogP contribution < -0.4 is 11.1 Å². The third kappa shape index (κ3) is 3.33. The summed E-state index contributed by atoms with van der Waals surface area (Å²) in [5.74, 6) is 0.920. The van der Waals surface area contributed by atoms with Crippen LogP contribution in [0.15, 0.2) is 30.3 Å². The minimum absolute atomic E-state index is 0.182. The zero-order valence-electron chi connectivity index (χ0n) is 11.5. The summed E-state index contributed by atoms with van der Waals surface area (Å²) in [5, 5.41) is 3.72. The zero-order chi connectivity index (χ0) is 12.8. The average molecular weight is 246 g/mol. The van der Waals surface area contributed by atoms with E-state index in [0.717, 1.165) is 19.0 Å². The second-order valence-corrected chi connectivity index (χ2v) is 5.68. The molecule has 0 saturated heterocycles. The highest BCUT2D eigenvalue weighted by Gasteiger charge is 2.32. The number of benzene rings is 1. The molecule has 2 heteroatoms. The van der Waals surface area contributed by atoms with Crippen molar-refractivity contribution in [2.45, 2.75) is 51.1 Å². The summed E-state index contributed by atoms with van der Waals surface area (Å²) in [6, 6.07) is 10.6. The molecule has 0 aromatic heterocycles. The summed E-state index contributed by atoms with van der Waals surface area (Å²) in [5.41, 5.74) is 7.56. The molecule has 0 atom stereocenters. The van der Waals surface area contributed by atoms with Gasteiger partial charge in [-0.2, -0.15) is 0 Å². The molecule has 1 aliphatic carbocycles. The lowest BCUT2D eigenvalue weighted by atomic mass is 9.75. The molecule has 2 nitrogen and oxygen atoms in total. The maximum atomic E-state index is 6.03. The van der Waals surface area contributed by atoms with Gasteiger partial charge in [0.15, 0.2) is 0 Å². The summed E-state index contributed by atoms with van der Waals surface area (Å²) in [6.45, 7) is 4.00. The Bertz CT molecular complexity index is 339. The third-order valence-corrected chi connectivity index (χ3v) is 4.54. The van der Waals surface area contributed by atoms with Crippen LogP contribution in [0.1, 0.15) is 44.6 Å². The first-order chi connectivity index (χ1) is 8.78. The molecule has 0 unspecified atom stereocenters. The van der Waals surface area contributed by atoms with E-state index in [1.807, 2.05) is 0 Å². The van der Waals surface area contributed by atoms with Gasteiger partial charge in [-0.1, -0.05) is 43.7 Å². The van der Waals surface area contributed by atoms with Gasteiger partial charge in [-0.15, -0.1) is 0 Å². The van der Waals surface area contributed by atoms with Crippen LogP contribution in [0.4, 0.5) is 0 Å². The van der Waals surface area contributed by atoms with E-state index < -0.39 is 0 Å². The van der Waals surface area contributed by atoms with E-state index in [4.69, 9.17) is 5.73 Å². The van der Waals surface area contributed by atoms with Gasteiger partial charge < -0.3 is 11.1 Å². The van der Waals surface area contributed by atoms with Gasteiger partial charge >= 0.3 is 0 Å². The molecule has 1 aromatic carbocycles. The lowest BCUT2D eigenvalue weighted by Gasteiger charge is -2.40. The molecule has 3 N–H and O–H groups in total. The fourth-order valence-corrected chi connectivity index (χ4v) is 2.98. The molecule has 1 fully saturated rings. The largest absolute Gasteiger partial charge is 0.329 e. The summed E-state index contributed by atoms with van der Waals surface area (Å²) < 4.78 is 0. The highest BCUT2D eigenvalue weighted by Crippen LogP contribution is 2.33. The van der Waals surface area contributed by atoms with Crippen LogP contribution >= 0.6 is 0 Å². The quantitative estimate of drug-likeness (QED) is 0.838. The molecule has 1 aromatic rings. The van der Waals surface area contributed by atoms with E-state index >= 15 is 0 Å². The Labute approximate surface area is 111 Å². The Morgan fingerprint density at radius 2 is 1.89 bits per heavy atom. The Hall–Kier alpha value is -0.860. The normalized spacial score (nSPS) is 28.2. The zero-order valence-corrected chi connectivity index (χ0v) is 11.5. The van der Waals surface area contributed by atoms with Gasteiger partial charge in [0.1, 0.15) is 0 Å². The molecule has 0 heterocycles. The van der Waals surface area contributed by atoms with Crippen molar-refractivity contribution in [3.05, 3.63) is 35.9 Å². The number of rotatable bonds is 5. The molecule has 18 heavy (non-hydrogen) atoms. The second kappa shape index (κ2) is 6.35. The Balaban J connectivity index is 1.89. The summed E-state index contributed by atoms with van der Waals surface area (Å²) >= 11 is 0. The average Bonchev–Trinajstić information content (AvgIpc) is 2.47. The molecule has 0 radical (unpaired) electrons. The van der Waals surface area contributed by atoms with Gasteiger partial charge in [-0.05, 0) is 37.2 Å². The van der Waals surface area contributed by atoms with Gasteiger partial charge in [0.25, 0.3) is 0 Å². The van der Waals surface area contributed by atoms with E-state index in [9.17, 15) is 0 Å². The van der Waals surface area contributed by atoms with Crippen LogP contribution in [-0.4, -0.2) is 12.1 Å². The molecule has 0 aliphatic heterocycles. The monoisotopic (exact) mass is 246 g/mol. The highest BCUT2D eigenvalue weighted by atomic mass is 15.0. The van der Waals surface area contributed by atoms with Crippen molar-refractivity contribution in [3.63, 3.8) is 0 Å². The summed E-state index contributed by atoms with van der Waals surface area (Å²) in [4.78, 5) is 0. The molecular weight excluding hydrogens is 220 g/mol. The molecule has 0 bridgehead atoms. The molecule has 1 saturated carbocycles. The van der Waals surface area contributed by atoms with Crippen LogP contribution in [0.25, 0.3) is 0 Å². The standard InChI is InChI=1S/C16H26N2/c1-2-14-8-10-16(13-17,11-9-14)18-12-15-6-4-3-5-7-15/h3-7,14,18H,2,8-13,17H2,1H3. The van der Waals surface area contributed by atoms with Crippen molar-refractivity contribution in [2.75, 3.05) is 6.54 Å². The SMILES string of the molecule is CCC1CCC(CN)(NCc2ccccc2)CC1. The maximum Gasteiger partial charge on any atom is 0.0307 e. The fraction of sp³-hybridized carbons (Fsp3) is 0.625. The first-order valence-electron chi connectivity index (χ1n) is 7.27. The molecular formula is C16H26N2. The van der Waals surface area contributed by atoms with Crippen molar-refractivity contribution in [3.8, 4) is 0 Å². The van der Waals surface area contributed by atoms with E-state index in [0.29, 0.717) is 0 Å². The second-order valence-electron chi connectivity index (χ2n) is 5.68. The minimum atomic E-state index is 0.182. The predicted octanol–water partition coefficient (Wildman–Crippen LogP) is 3.07. The Kier molecular flexibility index (Phi) is 4.79. The molecule has 0 spiro atoms. The van der Waals surface area contributed by atoms with E-state index in [1.165, 1.54) is 37.7 Å². The Morgan fingerprint density at radius 1 is 1.22 bits per heavy atom. The van der Waals surface area contributed by atoms with Gasteiger partial charge in [-0.3, -0.25) is 0 Å². The third-order valence-electron chi connectivity index (χ3n) is 4.54. The van der Waals surface area contributed by atoms with Gasteiger partial charge in [0.05, 0.1) is 0 Å². The molecule has 100 valence electrons. The van der Waals surface area contributed by atoms with Gasteiger partial charge in [0.2, 0.25) is 0 Å². The van der Waals surface area contributed by atoms with Crippen LogP contribution in [0.2, 0.25) is 0 Å². The number of hydrogen-bond donors (Lipinski definition) is 2. The molecule has 1 aliphatic rings. The number of nitrogens with one attached hydrogen (secondary N) is 1. The smallest absolute Gasteiger partial charge is 0.0307 e. The summed E-state index contributed by atoms with van der Waals surface area (Å²) in [7, 11) is 0. The minimum Gasteiger partial charge on any atom is -0.329 e. The van der Waals surface area contributed by atoms with Crippen LogP contribution in [0, 0.1) is 5.92 Å². The van der Waals surface area contributed by atoms with E-state index in [2.05, 4.69) is 42.6 Å². The van der Waals surface area contributed by atoms with Crippen molar-refractivity contribution in [1.82, 2.24) is 5.32 Å². The maximum absolute atomic E-state index is 6.03.